The van der Waals surface area contributed by atoms with Gasteiger partial charge in [-0.05, 0) is 54.5 Å². The lowest BCUT2D eigenvalue weighted by molar-refractivity contribution is -0.123. The molecule has 1 amide bonds. The summed E-state index contributed by atoms with van der Waals surface area (Å²) in [6.07, 6.45) is 6.93. The first-order valence-corrected chi connectivity index (χ1v) is 9.20. The summed E-state index contributed by atoms with van der Waals surface area (Å²) in [7, 11) is 0. The van der Waals surface area contributed by atoms with Gasteiger partial charge in [-0.2, -0.15) is 5.10 Å². The number of nitrogens with zero attached hydrogens (tertiary/aromatic N) is 1. The second kappa shape index (κ2) is 8.65. The summed E-state index contributed by atoms with van der Waals surface area (Å²) < 4.78 is 5.58. The number of rotatable bonds is 6. The Kier molecular flexibility index (Phi) is 6.04. The van der Waals surface area contributed by atoms with Gasteiger partial charge in [-0.15, -0.1) is 0 Å². The molecule has 0 spiro atoms. The molecule has 4 nitrogen and oxygen atoms in total. The molecule has 0 saturated heterocycles. The van der Waals surface area contributed by atoms with E-state index in [-0.39, 0.29) is 12.5 Å². The minimum Gasteiger partial charge on any atom is -0.484 e. The number of hydrogen-bond acceptors (Lipinski definition) is 3. The molecule has 0 atom stereocenters. The second-order valence-corrected chi connectivity index (χ2v) is 6.74. The molecular formula is C21H26N2O2. The van der Waals surface area contributed by atoms with Crippen LogP contribution < -0.4 is 10.2 Å². The summed E-state index contributed by atoms with van der Waals surface area (Å²) in [5, 5.41) is 6.54. The molecule has 1 N–H and O–H groups in total. The van der Waals surface area contributed by atoms with E-state index in [1.165, 1.54) is 25.7 Å². The third-order valence-corrected chi connectivity index (χ3v) is 4.81. The van der Waals surface area contributed by atoms with E-state index in [4.69, 9.17) is 4.74 Å². The highest BCUT2D eigenvalue weighted by atomic mass is 16.5. The maximum Gasteiger partial charge on any atom is 0.277 e. The van der Waals surface area contributed by atoms with Gasteiger partial charge in [0, 0.05) is 5.71 Å². The first kappa shape index (κ1) is 17.5. The molecule has 25 heavy (non-hydrogen) atoms. The van der Waals surface area contributed by atoms with Crippen molar-refractivity contribution >= 4 is 22.4 Å². The van der Waals surface area contributed by atoms with Crippen molar-refractivity contribution in [1.82, 2.24) is 5.43 Å². The quantitative estimate of drug-likeness (QED) is 0.777. The number of fused-ring (bicyclic) bond motifs is 1. The fraction of sp³-hybridized carbons (Fsp3) is 0.429. The van der Waals surface area contributed by atoms with Gasteiger partial charge in [0.1, 0.15) is 5.75 Å². The van der Waals surface area contributed by atoms with E-state index in [1.807, 2.05) is 36.4 Å². The van der Waals surface area contributed by atoms with Gasteiger partial charge in [0.15, 0.2) is 6.61 Å². The van der Waals surface area contributed by atoms with E-state index in [2.05, 4.69) is 23.5 Å². The van der Waals surface area contributed by atoms with Gasteiger partial charge in [0.05, 0.1) is 0 Å². The largest absolute Gasteiger partial charge is 0.484 e. The fourth-order valence-electron chi connectivity index (χ4n) is 3.40. The Hall–Kier alpha value is -2.36. The van der Waals surface area contributed by atoms with E-state index < -0.39 is 0 Å². The van der Waals surface area contributed by atoms with Crippen molar-refractivity contribution in [3.63, 3.8) is 0 Å². The minimum atomic E-state index is -0.212. The van der Waals surface area contributed by atoms with Crippen LogP contribution >= 0.6 is 0 Å². The Morgan fingerprint density at radius 1 is 1.16 bits per heavy atom. The number of hydrogen-bond donors (Lipinski definition) is 1. The van der Waals surface area contributed by atoms with Crippen LogP contribution in [-0.4, -0.2) is 18.2 Å². The zero-order chi connectivity index (χ0) is 17.5. The summed E-state index contributed by atoms with van der Waals surface area (Å²) in [4.78, 5) is 11.9. The number of hydrazone groups is 1. The zero-order valence-corrected chi connectivity index (χ0v) is 14.8. The SMILES string of the molecule is CCCC1CCC(=NNC(=O)COc2ccc3ccccc3c2)CC1. The molecule has 2 aromatic rings. The van der Waals surface area contributed by atoms with Crippen LogP contribution in [0.3, 0.4) is 0 Å². The number of benzene rings is 2. The molecule has 1 saturated carbocycles. The van der Waals surface area contributed by atoms with Crippen molar-refractivity contribution in [3.8, 4) is 5.75 Å². The summed E-state index contributed by atoms with van der Waals surface area (Å²) in [6.45, 7) is 2.22. The fourth-order valence-corrected chi connectivity index (χ4v) is 3.40. The smallest absolute Gasteiger partial charge is 0.277 e. The summed E-state index contributed by atoms with van der Waals surface area (Å²) >= 11 is 0. The van der Waals surface area contributed by atoms with E-state index in [0.29, 0.717) is 5.75 Å². The lowest BCUT2D eigenvalue weighted by atomic mass is 9.85. The minimum absolute atomic E-state index is 0.0203. The predicted octanol–water partition coefficient (Wildman–Crippen LogP) is 4.68. The Labute approximate surface area is 149 Å². The number of amides is 1. The number of ether oxygens (including phenoxy) is 1. The molecule has 0 radical (unpaired) electrons. The summed E-state index contributed by atoms with van der Waals surface area (Å²) in [5.41, 5.74) is 3.73. The van der Waals surface area contributed by atoms with Crippen LogP contribution in [0.4, 0.5) is 0 Å². The molecule has 0 heterocycles. The van der Waals surface area contributed by atoms with Crippen LogP contribution in [0.25, 0.3) is 10.8 Å². The number of nitrogens with one attached hydrogen (secondary N) is 1. The topological polar surface area (TPSA) is 50.7 Å². The van der Waals surface area contributed by atoms with Crippen LogP contribution in [0.15, 0.2) is 47.6 Å². The molecule has 1 aliphatic rings. The average molecular weight is 338 g/mol. The van der Waals surface area contributed by atoms with Crippen LogP contribution in [0.1, 0.15) is 45.4 Å². The molecule has 4 heteroatoms. The third kappa shape index (κ3) is 5.05. The lowest BCUT2D eigenvalue weighted by Crippen LogP contribution is -2.26. The molecule has 1 aliphatic carbocycles. The standard InChI is InChI=1S/C21H26N2O2/c1-2-5-16-8-11-19(12-9-16)22-23-21(24)15-25-20-13-10-17-6-3-4-7-18(17)14-20/h3-4,6-7,10,13-14,16H,2,5,8-9,11-12,15H2,1H3,(H,23,24). The van der Waals surface area contributed by atoms with Gasteiger partial charge in [0.2, 0.25) is 0 Å². The number of carbonyl (C=O) groups excluding carboxylic acids is 1. The van der Waals surface area contributed by atoms with Crippen LogP contribution in [0.2, 0.25) is 0 Å². The molecule has 0 aromatic heterocycles. The predicted molar refractivity (Wildman–Crippen MR) is 102 cm³/mol. The highest BCUT2D eigenvalue weighted by molar-refractivity contribution is 5.87. The second-order valence-electron chi connectivity index (χ2n) is 6.74. The van der Waals surface area contributed by atoms with Gasteiger partial charge >= 0.3 is 0 Å². The molecule has 0 bridgehead atoms. The van der Waals surface area contributed by atoms with Crippen molar-refractivity contribution in [2.75, 3.05) is 6.61 Å². The van der Waals surface area contributed by atoms with Crippen LogP contribution in [0, 0.1) is 5.92 Å². The first-order chi connectivity index (χ1) is 12.2. The molecule has 2 aromatic carbocycles. The van der Waals surface area contributed by atoms with Crippen LogP contribution in [0.5, 0.6) is 5.75 Å². The van der Waals surface area contributed by atoms with E-state index in [1.54, 1.807) is 0 Å². The molecule has 0 aliphatic heterocycles. The number of carbonyl (C=O) groups is 1. The maximum absolute atomic E-state index is 11.9. The van der Waals surface area contributed by atoms with Gasteiger partial charge in [-0.3, -0.25) is 4.79 Å². The van der Waals surface area contributed by atoms with Gasteiger partial charge in [-0.1, -0.05) is 50.1 Å². The van der Waals surface area contributed by atoms with Crippen molar-refractivity contribution in [3.05, 3.63) is 42.5 Å². The van der Waals surface area contributed by atoms with E-state index >= 15 is 0 Å². The molecule has 0 unspecified atom stereocenters. The molecular weight excluding hydrogens is 312 g/mol. The monoisotopic (exact) mass is 338 g/mol. The third-order valence-electron chi connectivity index (χ3n) is 4.81. The molecule has 132 valence electrons. The zero-order valence-electron chi connectivity index (χ0n) is 14.8. The Balaban J connectivity index is 1.45. The van der Waals surface area contributed by atoms with Crippen molar-refractivity contribution in [1.29, 1.82) is 0 Å². The van der Waals surface area contributed by atoms with E-state index in [0.717, 1.165) is 35.2 Å². The van der Waals surface area contributed by atoms with Crippen molar-refractivity contribution in [2.24, 2.45) is 11.0 Å². The van der Waals surface area contributed by atoms with Gasteiger partial charge in [-0.25, -0.2) is 5.43 Å². The molecule has 1 fully saturated rings. The highest BCUT2D eigenvalue weighted by Gasteiger charge is 2.17. The Morgan fingerprint density at radius 2 is 1.92 bits per heavy atom. The van der Waals surface area contributed by atoms with Crippen molar-refractivity contribution in [2.45, 2.75) is 45.4 Å². The molecule has 3 rings (SSSR count). The van der Waals surface area contributed by atoms with Gasteiger partial charge < -0.3 is 4.74 Å². The van der Waals surface area contributed by atoms with Gasteiger partial charge in [0.25, 0.3) is 5.91 Å². The summed E-state index contributed by atoms with van der Waals surface area (Å²) in [6, 6.07) is 13.9. The Morgan fingerprint density at radius 3 is 2.68 bits per heavy atom. The van der Waals surface area contributed by atoms with Crippen molar-refractivity contribution < 1.29 is 9.53 Å². The Bertz CT molecular complexity index is 744. The lowest BCUT2D eigenvalue weighted by Gasteiger charge is -2.22. The summed E-state index contributed by atoms with van der Waals surface area (Å²) in [5.74, 6) is 1.31. The maximum atomic E-state index is 11.9. The first-order valence-electron chi connectivity index (χ1n) is 9.20. The highest BCUT2D eigenvalue weighted by Crippen LogP contribution is 2.26. The average Bonchev–Trinajstić information content (AvgIpc) is 2.66. The van der Waals surface area contributed by atoms with Crippen LogP contribution in [-0.2, 0) is 4.79 Å². The van der Waals surface area contributed by atoms with E-state index in [9.17, 15) is 4.79 Å². The normalized spacial score (nSPS) is 17.3.